The number of nitrogens with zero attached hydrogens (tertiary/aromatic N) is 1. The van der Waals surface area contributed by atoms with E-state index in [9.17, 15) is 13.6 Å². The second-order valence-corrected chi connectivity index (χ2v) is 5.57. The van der Waals surface area contributed by atoms with Gasteiger partial charge in [-0.2, -0.15) is 0 Å². The summed E-state index contributed by atoms with van der Waals surface area (Å²) in [5.41, 5.74) is 1.99. The van der Waals surface area contributed by atoms with Crippen molar-refractivity contribution >= 4 is 11.6 Å². The second-order valence-electron chi connectivity index (χ2n) is 5.57. The van der Waals surface area contributed by atoms with Crippen molar-refractivity contribution in [3.05, 3.63) is 65.2 Å². The van der Waals surface area contributed by atoms with Crippen LogP contribution in [-0.4, -0.2) is 29.5 Å². The van der Waals surface area contributed by atoms with Gasteiger partial charge in [0.15, 0.2) is 11.6 Å². The highest BCUT2D eigenvalue weighted by molar-refractivity contribution is 5.81. The Hall–Kier alpha value is -2.47. The summed E-state index contributed by atoms with van der Waals surface area (Å²) in [6, 6.07) is 10.3. The van der Waals surface area contributed by atoms with Gasteiger partial charge in [-0.1, -0.05) is 18.2 Å². The Labute approximate surface area is 139 Å². The van der Waals surface area contributed by atoms with E-state index in [-0.39, 0.29) is 19.1 Å². The van der Waals surface area contributed by atoms with Crippen LogP contribution in [0.2, 0.25) is 0 Å². The molecule has 0 aliphatic rings. The van der Waals surface area contributed by atoms with Gasteiger partial charge in [-0.15, -0.1) is 0 Å². The van der Waals surface area contributed by atoms with E-state index in [2.05, 4.69) is 5.32 Å². The van der Waals surface area contributed by atoms with Crippen molar-refractivity contribution in [2.24, 2.45) is 0 Å². The van der Waals surface area contributed by atoms with Crippen LogP contribution >= 0.6 is 0 Å². The maximum atomic E-state index is 13.3. The molecule has 0 spiro atoms. The zero-order chi connectivity index (χ0) is 17.7. The van der Waals surface area contributed by atoms with E-state index in [1.54, 1.807) is 38.2 Å². The number of carbonyl (C=O) groups excluding carboxylic acids is 1. The number of aliphatic hydroxyl groups is 1. The van der Waals surface area contributed by atoms with Crippen molar-refractivity contribution < 1.29 is 18.7 Å². The Balaban J connectivity index is 1.99. The molecule has 128 valence electrons. The zero-order valence-electron chi connectivity index (χ0n) is 13.6. The third kappa shape index (κ3) is 4.29. The number of aliphatic hydroxyl groups excluding tert-OH is 1. The fourth-order valence-corrected chi connectivity index (χ4v) is 2.29. The molecule has 0 fully saturated rings. The van der Waals surface area contributed by atoms with Crippen molar-refractivity contribution in [1.82, 2.24) is 4.90 Å². The number of hydrogen-bond acceptors (Lipinski definition) is 3. The number of nitrogens with one attached hydrogen (secondary N) is 1. The van der Waals surface area contributed by atoms with Crippen LogP contribution in [0.4, 0.5) is 14.5 Å². The number of halogens is 2. The molecule has 6 heteroatoms. The van der Waals surface area contributed by atoms with Gasteiger partial charge in [0, 0.05) is 12.7 Å². The molecule has 2 aromatic rings. The third-order valence-corrected chi connectivity index (χ3v) is 3.95. The van der Waals surface area contributed by atoms with Crippen LogP contribution in [0.5, 0.6) is 0 Å². The van der Waals surface area contributed by atoms with Crippen LogP contribution in [0.3, 0.4) is 0 Å². The van der Waals surface area contributed by atoms with Gasteiger partial charge >= 0.3 is 0 Å². The standard InChI is InChI=1S/C18H20F2N2O2/c1-12(14-6-7-16(19)17(20)9-14)22(2)18(24)10-21-15-5-3-4-13(8-15)11-23/h3-9,12,21,23H,10-11H2,1-2H3/t12-/m1/s1. The summed E-state index contributed by atoms with van der Waals surface area (Å²) >= 11 is 0. The Morgan fingerprint density at radius 2 is 1.96 bits per heavy atom. The predicted molar refractivity (Wildman–Crippen MR) is 88.4 cm³/mol. The van der Waals surface area contributed by atoms with E-state index in [0.29, 0.717) is 5.56 Å². The van der Waals surface area contributed by atoms with Crippen LogP contribution in [0.1, 0.15) is 24.1 Å². The van der Waals surface area contributed by atoms with Gasteiger partial charge in [-0.05, 0) is 42.3 Å². The first-order valence-corrected chi connectivity index (χ1v) is 7.56. The molecule has 0 aliphatic carbocycles. The summed E-state index contributed by atoms with van der Waals surface area (Å²) in [6.45, 7) is 1.73. The van der Waals surface area contributed by atoms with Gasteiger partial charge in [0.1, 0.15) is 0 Å². The lowest BCUT2D eigenvalue weighted by Crippen LogP contribution is -2.34. The number of benzene rings is 2. The van der Waals surface area contributed by atoms with Crippen molar-refractivity contribution in [2.75, 3.05) is 18.9 Å². The molecule has 0 aliphatic heterocycles. The molecule has 1 atom stereocenters. The molecular weight excluding hydrogens is 314 g/mol. The minimum Gasteiger partial charge on any atom is -0.392 e. The normalized spacial score (nSPS) is 11.9. The predicted octanol–water partition coefficient (Wildman–Crippen LogP) is 3.09. The number of carbonyl (C=O) groups is 1. The summed E-state index contributed by atoms with van der Waals surface area (Å²) in [5.74, 6) is -2.04. The molecule has 2 N–H and O–H groups in total. The highest BCUT2D eigenvalue weighted by Gasteiger charge is 2.18. The highest BCUT2D eigenvalue weighted by Crippen LogP contribution is 2.21. The molecule has 0 unspecified atom stereocenters. The van der Waals surface area contributed by atoms with E-state index >= 15 is 0 Å². The Bertz CT molecular complexity index is 722. The SMILES string of the molecule is C[C@H](c1ccc(F)c(F)c1)N(C)C(=O)CNc1cccc(CO)c1. The van der Waals surface area contributed by atoms with Crippen LogP contribution in [0, 0.1) is 11.6 Å². The molecule has 0 saturated carbocycles. The van der Waals surface area contributed by atoms with Crippen LogP contribution in [0.15, 0.2) is 42.5 Å². The van der Waals surface area contributed by atoms with Gasteiger partial charge < -0.3 is 15.3 Å². The molecular formula is C18H20F2N2O2. The molecule has 1 amide bonds. The minimum absolute atomic E-state index is 0.0550. The first-order chi connectivity index (χ1) is 11.4. The average molecular weight is 334 g/mol. The summed E-state index contributed by atoms with van der Waals surface area (Å²) < 4.78 is 26.3. The molecule has 2 rings (SSSR count). The first kappa shape index (κ1) is 17.9. The number of amides is 1. The maximum Gasteiger partial charge on any atom is 0.242 e. The van der Waals surface area contributed by atoms with Gasteiger partial charge in [0.2, 0.25) is 5.91 Å². The lowest BCUT2D eigenvalue weighted by Gasteiger charge is -2.26. The van der Waals surface area contributed by atoms with Crippen molar-refractivity contribution in [2.45, 2.75) is 19.6 Å². The summed E-state index contributed by atoms with van der Waals surface area (Å²) in [7, 11) is 1.61. The molecule has 0 aromatic heterocycles. The van der Waals surface area contributed by atoms with Crippen LogP contribution in [-0.2, 0) is 11.4 Å². The summed E-state index contributed by atoms with van der Waals surface area (Å²) in [6.07, 6.45) is 0. The monoisotopic (exact) mass is 334 g/mol. The third-order valence-electron chi connectivity index (χ3n) is 3.95. The van der Waals surface area contributed by atoms with E-state index < -0.39 is 17.7 Å². The zero-order valence-corrected chi connectivity index (χ0v) is 13.6. The fourth-order valence-electron chi connectivity index (χ4n) is 2.29. The van der Waals surface area contributed by atoms with Gasteiger partial charge in [0.25, 0.3) is 0 Å². The molecule has 0 radical (unpaired) electrons. The first-order valence-electron chi connectivity index (χ1n) is 7.56. The largest absolute Gasteiger partial charge is 0.392 e. The Morgan fingerprint density at radius 3 is 2.62 bits per heavy atom. The topological polar surface area (TPSA) is 52.6 Å². The molecule has 4 nitrogen and oxygen atoms in total. The smallest absolute Gasteiger partial charge is 0.242 e. The van der Waals surface area contributed by atoms with Gasteiger partial charge in [-0.25, -0.2) is 8.78 Å². The van der Waals surface area contributed by atoms with E-state index in [4.69, 9.17) is 5.11 Å². The summed E-state index contributed by atoms with van der Waals surface area (Å²) in [5, 5.41) is 12.1. The van der Waals surface area contributed by atoms with Crippen molar-refractivity contribution in [3.63, 3.8) is 0 Å². The van der Waals surface area contributed by atoms with E-state index in [1.165, 1.54) is 11.0 Å². The Kier molecular flexibility index (Phi) is 5.87. The van der Waals surface area contributed by atoms with Crippen molar-refractivity contribution in [1.29, 1.82) is 0 Å². The second kappa shape index (κ2) is 7.88. The molecule has 0 bridgehead atoms. The van der Waals surface area contributed by atoms with Gasteiger partial charge in [-0.3, -0.25) is 4.79 Å². The number of rotatable bonds is 6. The number of likely N-dealkylation sites (N-methyl/N-ethyl adjacent to an activating group) is 1. The molecule has 0 heterocycles. The molecule has 24 heavy (non-hydrogen) atoms. The Morgan fingerprint density at radius 1 is 1.21 bits per heavy atom. The van der Waals surface area contributed by atoms with E-state index in [0.717, 1.165) is 23.4 Å². The van der Waals surface area contributed by atoms with Crippen molar-refractivity contribution in [3.8, 4) is 0 Å². The molecule has 2 aromatic carbocycles. The van der Waals surface area contributed by atoms with Crippen LogP contribution < -0.4 is 5.32 Å². The lowest BCUT2D eigenvalue weighted by atomic mass is 10.1. The number of hydrogen-bond donors (Lipinski definition) is 2. The van der Waals surface area contributed by atoms with Crippen LogP contribution in [0.25, 0.3) is 0 Å². The highest BCUT2D eigenvalue weighted by atomic mass is 19.2. The maximum absolute atomic E-state index is 13.3. The lowest BCUT2D eigenvalue weighted by molar-refractivity contribution is -0.129. The quantitative estimate of drug-likeness (QED) is 0.853. The average Bonchev–Trinajstić information content (AvgIpc) is 2.60. The van der Waals surface area contributed by atoms with E-state index in [1.807, 2.05) is 0 Å². The number of anilines is 1. The van der Waals surface area contributed by atoms with Gasteiger partial charge in [0.05, 0.1) is 19.2 Å². The summed E-state index contributed by atoms with van der Waals surface area (Å²) in [4.78, 5) is 13.8. The molecule has 0 saturated heterocycles. The minimum atomic E-state index is -0.931. The fraction of sp³-hybridized carbons (Fsp3) is 0.278.